The van der Waals surface area contributed by atoms with E-state index in [-0.39, 0.29) is 29.7 Å². The molecule has 5 atom stereocenters. The lowest BCUT2D eigenvalue weighted by atomic mass is 9.87. The molecule has 0 aromatic heterocycles. The summed E-state index contributed by atoms with van der Waals surface area (Å²) >= 11 is 0. The maximum absolute atomic E-state index is 13.8. The van der Waals surface area contributed by atoms with E-state index >= 15 is 0 Å². The molecule has 7 heteroatoms. The van der Waals surface area contributed by atoms with E-state index in [0.29, 0.717) is 19.4 Å². The fourth-order valence-corrected chi connectivity index (χ4v) is 5.49. The average Bonchev–Trinajstić information content (AvgIpc) is 3.13. The first-order valence-electron chi connectivity index (χ1n) is 12.7. The summed E-state index contributed by atoms with van der Waals surface area (Å²) in [6.45, 7) is 4.11. The smallest absolute Gasteiger partial charge is 0.248 e. The summed E-state index contributed by atoms with van der Waals surface area (Å²) < 4.78 is 6.12. The fraction of sp³-hybridized carbons (Fsp3) is 0.464. The molecular weight excluding hydrogens is 442 g/mol. The number of fused-ring (bicyclic) bond motifs is 4. The Morgan fingerprint density at radius 3 is 2.49 bits per heavy atom. The highest BCUT2D eigenvalue weighted by Gasteiger charge is 2.49. The molecular formula is C28H33N3O4. The second-order valence-electron chi connectivity index (χ2n) is 9.81. The van der Waals surface area contributed by atoms with Gasteiger partial charge in [0.25, 0.3) is 0 Å². The average molecular weight is 476 g/mol. The van der Waals surface area contributed by atoms with Crippen LogP contribution >= 0.6 is 0 Å². The van der Waals surface area contributed by atoms with Crippen LogP contribution in [0.1, 0.15) is 80.1 Å². The Labute approximate surface area is 206 Å². The molecule has 1 saturated heterocycles. The first-order valence-corrected chi connectivity index (χ1v) is 12.7. The van der Waals surface area contributed by atoms with Crippen LogP contribution in [0, 0.1) is 5.92 Å². The zero-order valence-corrected chi connectivity index (χ0v) is 20.3. The second-order valence-corrected chi connectivity index (χ2v) is 9.81. The van der Waals surface area contributed by atoms with Crippen molar-refractivity contribution >= 4 is 17.7 Å². The number of aryl methyl sites for hydroxylation is 1. The van der Waals surface area contributed by atoms with Gasteiger partial charge in [-0.1, -0.05) is 62.4 Å². The summed E-state index contributed by atoms with van der Waals surface area (Å²) in [6, 6.07) is 14.2. The Bertz CT molecular complexity index is 1130. The third-order valence-electron chi connectivity index (χ3n) is 7.63. The summed E-state index contributed by atoms with van der Waals surface area (Å²) in [6.07, 6.45) is 3.29. The summed E-state index contributed by atoms with van der Waals surface area (Å²) in [5.41, 5.74) is 4.02. The van der Waals surface area contributed by atoms with Crippen LogP contribution in [0.15, 0.2) is 48.5 Å². The Hall–Kier alpha value is -3.19. The van der Waals surface area contributed by atoms with Crippen molar-refractivity contribution in [3.63, 3.8) is 0 Å². The Kier molecular flexibility index (Phi) is 6.60. The molecule has 5 rings (SSSR count). The molecule has 0 saturated carbocycles. The maximum Gasteiger partial charge on any atom is 0.248 e. The van der Waals surface area contributed by atoms with E-state index in [1.165, 1.54) is 5.56 Å². The molecule has 2 heterocycles. The highest BCUT2D eigenvalue weighted by Crippen LogP contribution is 2.45. The lowest BCUT2D eigenvalue weighted by Gasteiger charge is -2.32. The van der Waals surface area contributed by atoms with Crippen molar-refractivity contribution < 1.29 is 19.1 Å². The number of carbonyl (C=O) groups is 3. The zero-order valence-electron chi connectivity index (χ0n) is 20.3. The molecule has 2 aliphatic heterocycles. The van der Waals surface area contributed by atoms with E-state index < -0.39 is 18.3 Å². The van der Waals surface area contributed by atoms with Gasteiger partial charge in [0.2, 0.25) is 17.7 Å². The van der Waals surface area contributed by atoms with Gasteiger partial charge in [0.1, 0.15) is 12.1 Å². The third kappa shape index (κ3) is 4.33. The number of hydrogen-bond donors (Lipinski definition) is 2. The largest absolute Gasteiger partial charge is 0.354 e. The molecule has 1 aliphatic carbocycles. The van der Waals surface area contributed by atoms with Gasteiger partial charge in [-0.05, 0) is 42.4 Å². The molecule has 0 radical (unpaired) electrons. The Morgan fingerprint density at radius 1 is 1.00 bits per heavy atom. The van der Waals surface area contributed by atoms with Crippen molar-refractivity contribution in [1.82, 2.24) is 15.5 Å². The van der Waals surface area contributed by atoms with Crippen LogP contribution in [-0.4, -0.2) is 35.3 Å². The van der Waals surface area contributed by atoms with Gasteiger partial charge in [0, 0.05) is 17.9 Å². The van der Waals surface area contributed by atoms with E-state index in [9.17, 15) is 14.4 Å². The zero-order chi connectivity index (χ0) is 24.5. The van der Waals surface area contributed by atoms with Crippen molar-refractivity contribution in [1.29, 1.82) is 0 Å². The monoisotopic (exact) mass is 475 g/mol. The molecule has 184 valence electrons. The number of hydrogen-bond acceptors (Lipinski definition) is 4. The maximum atomic E-state index is 13.8. The van der Waals surface area contributed by atoms with Gasteiger partial charge in [-0.2, -0.15) is 0 Å². The first-order chi connectivity index (χ1) is 17.0. The predicted octanol–water partition coefficient (Wildman–Crippen LogP) is 3.71. The summed E-state index contributed by atoms with van der Waals surface area (Å²) in [7, 11) is 0. The quantitative estimate of drug-likeness (QED) is 0.690. The number of carbonyl (C=O) groups excluding carboxylic acids is 3. The number of nitrogens with one attached hydrogen (secondary N) is 2. The molecule has 1 fully saturated rings. The SMILES string of the molecule is CC[C@@H](C)C(=O)N[C@H]1CCO[C@H]2c3ccccc3C(C(=O)NC3CCCc4ccccc43)N2C1=O. The van der Waals surface area contributed by atoms with Crippen LogP contribution in [0.25, 0.3) is 0 Å². The Balaban J connectivity index is 1.44. The minimum atomic E-state index is -0.807. The molecule has 2 N–H and O–H groups in total. The van der Waals surface area contributed by atoms with E-state index in [1.54, 1.807) is 4.90 Å². The molecule has 2 unspecified atom stereocenters. The number of rotatable bonds is 5. The fourth-order valence-electron chi connectivity index (χ4n) is 5.49. The van der Waals surface area contributed by atoms with Gasteiger partial charge >= 0.3 is 0 Å². The number of amides is 3. The van der Waals surface area contributed by atoms with Gasteiger partial charge in [-0.3, -0.25) is 19.3 Å². The van der Waals surface area contributed by atoms with Crippen molar-refractivity contribution in [2.75, 3.05) is 6.61 Å². The van der Waals surface area contributed by atoms with Gasteiger partial charge in [0.15, 0.2) is 6.23 Å². The summed E-state index contributed by atoms with van der Waals surface area (Å²) in [4.78, 5) is 41.8. The summed E-state index contributed by atoms with van der Waals surface area (Å²) in [5, 5.41) is 6.15. The normalized spacial score (nSPS) is 26.1. The first kappa shape index (κ1) is 23.5. The molecule has 7 nitrogen and oxygen atoms in total. The van der Waals surface area contributed by atoms with Gasteiger partial charge in [-0.15, -0.1) is 0 Å². The third-order valence-corrected chi connectivity index (χ3v) is 7.63. The van der Waals surface area contributed by atoms with Crippen LogP contribution in [0.4, 0.5) is 0 Å². The van der Waals surface area contributed by atoms with Crippen LogP contribution in [-0.2, 0) is 25.5 Å². The number of benzene rings is 2. The van der Waals surface area contributed by atoms with E-state index in [4.69, 9.17) is 4.74 Å². The van der Waals surface area contributed by atoms with Crippen LogP contribution < -0.4 is 10.6 Å². The van der Waals surface area contributed by atoms with Crippen molar-refractivity contribution in [3.05, 3.63) is 70.8 Å². The van der Waals surface area contributed by atoms with E-state index in [0.717, 1.165) is 36.0 Å². The number of nitrogens with zero attached hydrogens (tertiary/aromatic N) is 1. The van der Waals surface area contributed by atoms with E-state index in [1.807, 2.05) is 50.2 Å². The molecule has 0 spiro atoms. The van der Waals surface area contributed by atoms with Gasteiger partial charge in [-0.25, -0.2) is 0 Å². The molecule has 2 aromatic rings. The van der Waals surface area contributed by atoms with Crippen molar-refractivity contribution in [3.8, 4) is 0 Å². The van der Waals surface area contributed by atoms with Crippen molar-refractivity contribution in [2.24, 2.45) is 5.92 Å². The molecule has 0 bridgehead atoms. The lowest BCUT2D eigenvalue weighted by Crippen LogP contribution is -2.51. The van der Waals surface area contributed by atoms with E-state index in [2.05, 4.69) is 22.8 Å². The standard InChI is InChI=1S/C28H33N3O4/c1-3-17(2)25(32)30-23-15-16-35-28-21-13-7-6-12-20(21)24(31(28)27(23)34)26(33)29-22-14-8-10-18-9-4-5-11-19(18)22/h4-7,9,11-13,17,22-24,28H,3,8,10,14-16H2,1-2H3,(H,29,33)(H,30,32)/t17-,22?,23+,24?,28+/m1/s1. The Morgan fingerprint density at radius 2 is 1.71 bits per heavy atom. The molecule has 3 aliphatic rings. The topological polar surface area (TPSA) is 87.7 Å². The minimum Gasteiger partial charge on any atom is -0.354 e. The molecule has 35 heavy (non-hydrogen) atoms. The minimum absolute atomic E-state index is 0.0948. The highest BCUT2D eigenvalue weighted by molar-refractivity contribution is 5.94. The molecule has 2 aromatic carbocycles. The van der Waals surface area contributed by atoms with Crippen LogP contribution in [0.5, 0.6) is 0 Å². The predicted molar refractivity (Wildman–Crippen MR) is 131 cm³/mol. The molecule has 3 amide bonds. The van der Waals surface area contributed by atoms with Gasteiger partial charge < -0.3 is 15.4 Å². The highest BCUT2D eigenvalue weighted by atomic mass is 16.5. The number of ether oxygens (including phenoxy) is 1. The van der Waals surface area contributed by atoms with Crippen LogP contribution in [0.2, 0.25) is 0 Å². The lowest BCUT2D eigenvalue weighted by molar-refractivity contribution is -0.153. The second kappa shape index (κ2) is 9.82. The summed E-state index contributed by atoms with van der Waals surface area (Å²) in [5.74, 6) is -0.832. The van der Waals surface area contributed by atoms with Crippen LogP contribution in [0.3, 0.4) is 0 Å². The van der Waals surface area contributed by atoms with Gasteiger partial charge in [0.05, 0.1) is 12.6 Å². The van der Waals surface area contributed by atoms with Crippen molar-refractivity contribution in [2.45, 2.75) is 70.3 Å².